The first-order chi connectivity index (χ1) is 21.0. The predicted octanol–water partition coefficient (Wildman–Crippen LogP) is 8.61. The SMILES string of the molecule is Cc1noc(-c2ccc(-c3ccc(OC(=O)C4CC4)cc3)cc2)c1N(C(=O)OCc1cccc(CBr)c1)C(=O)OC(C)(C)C. The molecule has 0 N–H and O–H groups in total. The fraction of sp³-hybridized carbons (Fsp3) is 0.294. The molecule has 2 amide bonds. The first kappa shape index (κ1) is 31.0. The lowest BCUT2D eigenvalue weighted by Gasteiger charge is -2.25. The second kappa shape index (κ2) is 13.1. The Hall–Kier alpha value is -4.44. The van der Waals surface area contributed by atoms with Gasteiger partial charge in [-0.15, -0.1) is 0 Å². The van der Waals surface area contributed by atoms with Crippen LogP contribution in [0.25, 0.3) is 22.5 Å². The summed E-state index contributed by atoms with van der Waals surface area (Å²) in [5, 5.41) is 4.72. The van der Waals surface area contributed by atoms with E-state index in [1.54, 1.807) is 39.8 Å². The summed E-state index contributed by atoms with van der Waals surface area (Å²) in [7, 11) is 0. The molecule has 0 aliphatic heterocycles. The lowest BCUT2D eigenvalue weighted by atomic mass is 10.0. The average molecular weight is 662 g/mol. The van der Waals surface area contributed by atoms with Gasteiger partial charge in [-0.1, -0.05) is 81.8 Å². The zero-order valence-corrected chi connectivity index (χ0v) is 26.6. The van der Waals surface area contributed by atoms with Gasteiger partial charge in [0.2, 0.25) is 0 Å². The van der Waals surface area contributed by atoms with Crippen molar-refractivity contribution >= 4 is 39.8 Å². The number of rotatable bonds is 8. The summed E-state index contributed by atoms with van der Waals surface area (Å²) in [5.74, 6) is 0.555. The first-order valence-corrected chi connectivity index (χ1v) is 15.4. The van der Waals surface area contributed by atoms with Crippen molar-refractivity contribution in [1.82, 2.24) is 5.16 Å². The topological polar surface area (TPSA) is 108 Å². The maximum atomic E-state index is 13.5. The number of halogens is 1. The Morgan fingerprint density at radius 2 is 1.52 bits per heavy atom. The number of esters is 1. The van der Waals surface area contributed by atoms with Crippen molar-refractivity contribution in [3.8, 4) is 28.2 Å². The smallest absolute Gasteiger partial charge is 0.424 e. The van der Waals surface area contributed by atoms with Gasteiger partial charge in [0.15, 0.2) is 5.76 Å². The molecule has 5 rings (SSSR count). The van der Waals surface area contributed by atoms with Crippen LogP contribution in [0.15, 0.2) is 77.3 Å². The number of imide groups is 1. The summed E-state index contributed by atoms with van der Waals surface area (Å²) < 4.78 is 22.3. The van der Waals surface area contributed by atoms with Crippen LogP contribution in [0.1, 0.15) is 50.4 Å². The van der Waals surface area contributed by atoms with Gasteiger partial charge in [-0.25, -0.2) is 9.59 Å². The van der Waals surface area contributed by atoms with Gasteiger partial charge in [0.1, 0.15) is 29.3 Å². The minimum atomic E-state index is -0.921. The quantitative estimate of drug-likeness (QED) is 0.105. The lowest BCUT2D eigenvalue weighted by molar-refractivity contribution is -0.135. The fourth-order valence-electron chi connectivity index (χ4n) is 4.44. The van der Waals surface area contributed by atoms with Gasteiger partial charge in [-0.2, -0.15) is 4.90 Å². The summed E-state index contributed by atoms with van der Waals surface area (Å²) in [4.78, 5) is 39.7. The summed E-state index contributed by atoms with van der Waals surface area (Å²) in [5.41, 5.74) is 3.77. The molecular formula is C34H33BrN2O7. The Morgan fingerprint density at radius 3 is 2.14 bits per heavy atom. The number of hydrogen-bond acceptors (Lipinski definition) is 8. The van der Waals surface area contributed by atoms with Crippen LogP contribution in [0.2, 0.25) is 0 Å². The van der Waals surface area contributed by atoms with E-state index in [1.807, 2.05) is 60.7 Å². The largest absolute Gasteiger partial charge is 0.444 e. The average Bonchev–Trinajstić information content (AvgIpc) is 3.79. The highest BCUT2D eigenvalue weighted by molar-refractivity contribution is 9.08. The fourth-order valence-corrected chi connectivity index (χ4v) is 4.79. The molecule has 0 radical (unpaired) electrons. The van der Waals surface area contributed by atoms with Gasteiger partial charge in [0, 0.05) is 10.9 Å². The molecule has 44 heavy (non-hydrogen) atoms. The van der Waals surface area contributed by atoms with Gasteiger partial charge in [-0.05, 0) is 74.9 Å². The van der Waals surface area contributed by atoms with Crippen molar-refractivity contribution in [2.24, 2.45) is 5.92 Å². The van der Waals surface area contributed by atoms with Gasteiger partial charge < -0.3 is 18.7 Å². The third kappa shape index (κ3) is 7.55. The second-order valence-electron chi connectivity index (χ2n) is 11.6. The minimum Gasteiger partial charge on any atom is -0.444 e. The van der Waals surface area contributed by atoms with Crippen LogP contribution in [0.3, 0.4) is 0 Å². The van der Waals surface area contributed by atoms with Crippen molar-refractivity contribution < 1.29 is 33.1 Å². The van der Waals surface area contributed by atoms with E-state index in [9.17, 15) is 14.4 Å². The maximum absolute atomic E-state index is 13.5. The van der Waals surface area contributed by atoms with Crippen LogP contribution in [0, 0.1) is 12.8 Å². The zero-order valence-electron chi connectivity index (χ0n) is 25.0. The number of ether oxygens (including phenoxy) is 3. The molecule has 0 saturated heterocycles. The molecule has 0 spiro atoms. The highest BCUT2D eigenvalue weighted by Crippen LogP contribution is 2.37. The molecule has 3 aromatic carbocycles. The molecule has 1 fully saturated rings. The molecule has 10 heteroatoms. The summed E-state index contributed by atoms with van der Waals surface area (Å²) in [6.45, 7) is 6.72. The summed E-state index contributed by atoms with van der Waals surface area (Å²) in [6.07, 6.45) is -0.0600. The van der Waals surface area contributed by atoms with Gasteiger partial charge >= 0.3 is 18.2 Å². The number of hydrogen-bond donors (Lipinski definition) is 0. The minimum absolute atomic E-state index is 0.0242. The van der Waals surface area contributed by atoms with Crippen LogP contribution < -0.4 is 9.64 Å². The standard InChI is InChI=1S/C34H33BrN2O7/c1-21-29(37(33(40)43-34(2,3)4)32(39)41-20-23-7-5-6-22(18-23)19-35)30(44-36-21)26-10-8-24(9-11-26)25-14-16-28(17-15-25)42-31(38)27-12-13-27/h5-11,14-18,27H,12-13,19-20H2,1-4H3. The predicted molar refractivity (Wildman–Crippen MR) is 168 cm³/mol. The van der Waals surface area contributed by atoms with Crippen molar-refractivity contribution in [1.29, 1.82) is 0 Å². The Kier molecular flexibility index (Phi) is 9.20. The number of carbonyl (C=O) groups excluding carboxylic acids is 3. The van der Waals surface area contributed by atoms with Crippen LogP contribution in [-0.2, 0) is 26.2 Å². The van der Waals surface area contributed by atoms with E-state index >= 15 is 0 Å². The monoisotopic (exact) mass is 660 g/mol. The maximum Gasteiger partial charge on any atom is 0.424 e. The van der Waals surface area contributed by atoms with Crippen molar-refractivity contribution in [3.63, 3.8) is 0 Å². The highest BCUT2D eigenvalue weighted by Gasteiger charge is 2.36. The molecular weight excluding hydrogens is 628 g/mol. The number of anilines is 1. The van der Waals surface area contributed by atoms with Crippen LogP contribution >= 0.6 is 15.9 Å². The molecule has 1 aliphatic carbocycles. The number of aromatic nitrogens is 1. The van der Waals surface area contributed by atoms with Crippen LogP contribution in [0.5, 0.6) is 5.75 Å². The third-order valence-corrected chi connectivity index (χ3v) is 7.43. The third-order valence-electron chi connectivity index (χ3n) is 6.79. The van der Waals surface area contributed by atoms with E-state index in [4.69, 9.17) is 18.7 Å². The molecule has 9 nitrogen and oxygen atoms in total. The number of nitrogens with zero attached hydrogens (tertiary/aromatic N) is 2. The zero-order chi connectivity index (χ0) is 31.4. The molecule has 1 saturated carbocycles. The van der Waals surface area contributed by atoms with Gasteiger partial charge in [0.25, 0.3) is 0 Å². The summed E-state index contributed by atoms with van der Waals surface area (Å²) >= 11 is 3.43. The molecule has 0 unspecified atom stereocenters. The highest BCUT2D eigenvalue weighted by atomic mass is 79.9. The summed E-state index contributed by atoms with van der Waals surface area (Å²) in [6, 6.07) is 22.2. The molecule has 4 aromatic rings. The second-order valence-corrected chi connectivity index (χ2v) is 12.1. The van der Waals surface area contributed by atoms with Crippen LogP contribution in [0.4, 0.5) is 15.3 Å². The molecule has 0 bridgehead atoms. The Bertz CT molecular complexity index is 1650. The first-order valence-electron chi connectivity index (χ1n) is 14.2. The van der Waals surface area contributed by atoms with E-state index < -0.39 is 17.8 Å². The van der Waals surface area contributed by atoms with Gasteiger partial charge in [0.05, 0.1) is 5.92 Å². The number of carbonyl (C=O) groups is 3. The van der Waals surface area contributed by atoms with E-state index in [0.29, 0.717) is 22.3 Å². The molecule has 0 atom stereocenters. The molecule has 1 aromatic heterocycles. The molecule has 1 heterocycles. The van der Waals surface area contributed by atoms with Crippen LogP contribution in [-0.4, -0.2) is 28.9 Å². The Morgan fingerprint density at radius 1 is 0.909 bits per heavy atom. The van der Waals surface area contributed by atoms with E-state index in [0.717, 1.165) is 40.0 Å². The number of amides is 2. The van der Waals surface area contributed by atoms with E-state index in [1.165, 1.54) is 0 Å². The number of aryl methyl sites for hydroxylation is 1. The molecule has 228 valence electrons. The van der Waals surface area contributed by atoms with Crippen molar-refractivity contribution in [3.05, 3.63) is 89.6 Å². The van der Waals surface area contributed by atoms with Crippen molar-refractivity contribution in [2.45, 2.75) is 58.1 Å². The van der Waals surface area contributed by atoms with E-state index in [2.05, 4.69) is 21.1 Å². The lowest BCUT2D eigenvalue weighted by Crippen LogP contribution is -2.41. The Balaban J connectivity index is 1.39. The number of alkyl halides is 1. The number of benzene rings is 3. The van der Waals surface area contributed by atoms with Gasteiger partial charge in [-0.3, -0.25) is 4.79 Å². The van der Waals surface area contributed by atoms with Crippen molar-refractivity contribution in [2.75, 3.05) is 4.90 Å². The van der Waals surface area contributed by atoms with E-state index in [-0.39, 0.29) is 29.9 Å². The normalized spacial score (nSPS) is 12.8. The Labute approximate surface area is 264 Å². The molecule has 1 aliphatic rings.